The Bertz CT molecular complexity index is 395. The topological polar surface area (TPSA) is 46.5 Å². The van der Waals surface area contributed by atoms with Gasteiger partial charge in [0.05, 0.1) is 12.7 Å². The lowest BCUT2D eigenvalue weighted by molar-refractivity contribution is 0.0598. The van der Waals surface area contributed by atoms with Crippen LogP contribution in [0, 0.1) is 0 Å². The summed E-state index contributed by atoms with van der Waals surface area (Å²) in [5.41, 5.74) is 2.46. The first-order valence-electron chi connectivity index (χ1n) is 7.07. The monoisotopic (exact) mass is 264 g/mol. The summed E-state index contributed by atoms with van der Waals surface area (Å²) in [4.78, 5) is 12.0. The molecule has 1 rings (SSSR count). The molecule has 0 radical (unpaired) electrons. The molecule has 0 fully saturated rings. The van der Waals surface area contributed by atoms with E-state index >= 15 is 0 Å². The minimum Gasteiger partial charge on any atom is -0.508 e. The van der Waals surface area contributed by atoms with Gasteiger partial charge < -0.3 is 9.84 Å². The molecule has 1 aromatic rings. The number of benzene rings is 1. The first-order chi connectivity index (χ1) is 9.13. The highest BCUT2D eigenvalue weighted by molar-refractivity contribution is 5.93. The van der Waals surface area contributed by atoms with Gasteiger partial charge in [-0.2, -0.15) is 0 Å². The molecule has 19 heavy (non-hydrogen) atoms. The Labute approximate surface area is 115 Å². The molecule has 0 heterocycles. The number of esters is 1. The third-order valence-corrected chi connectivity index (χ3v) is 3.28. The molecule has 0 atom stereocenters. The first-order valence-corrected chi connectivity index (χ1v) is 7.07. The second-order valence-electron chi connectivity index (χ2n) is 4.84. The van der Waals surface area contributed by atoms with E-state index in [9.17, 15) is 9.90 Å². The van der Waals surface area contributed by atoms with Gasteiger partial charge in [0.25, 0.3) is 0 Å². The molecule has 0 aliphatic heterocycles. The second kappa shape index (κ2) is 7.82. The van der Waals surface area contributed by atoms with Crippen LogP contribution in [0.4, 0.5) is 0 Å². The highest BCUT2D eigenvalue weighted by Gasteiger charge is 2.17. The minimum absolute atomic E-state index is 0.241. The average molecular weight is 264 g/mol. The van der Waals surface area contributed by atoms with Crippen LogP contribution in [-0.2, 0) is 17.6 Å². The van der Waals surface area contributed by atoms with Crippen molar-refractivity contribution in [3.05, 3.63) is 28.8 Å². The predicted molar refractivity (Wildman–Crippen MR) is 76.7 cm³/mol. The second-order valence-corrected chi connectivity index (χ2v) is 4.84. The van der Waals surface area contributed by atoms with Crippen LogP contribution in [0.25, 0.3) is 0 Å². The lowest BCUT2D eigenvalue weighted by Crippen LogP contribution is -2.10. The van der Waals surface area contributed by atoms with Crippen LogP contribution in [0.15, 0.2) is 12.1 Å². The van der Waals surface area contributed by atoms with Gasteiger partial charge in [-0.05, 0) is 48.9 Å². The summed E-state index contributed by atoms with van der Waals surface area (Å²) < 4.78 is 4.90. The molecule has 106 valence electrons. The zero-order valence-electron chi connectivity index (χ0n) is 12.2. The molecule has 0 bridgehead atoms. The summed E-state index contributed by atoms with van der Waals surface area (Å²) in [7, 11) is 1.41. The van der Waals surface area contributed by atoms with Crippen molar-refractivity contribution in [2.24, 2.45) is 0 Å². The number of aromatic hydroxyl groups is 1. The van der Waals surface area contributed by atoms with Gasteiger partial charge in [0.2, 0.25) is 0 Å². The summed E-state index contributed by atoms with van der Waals surface area (Å²) in [6.07, 6.45) is 5.71. The van der Waals surface area contributed by atoms with Crippen molar-refractivity contribution in [2.75, 3.05) is 7.11 Å². The van der Waals surface area contributed by atoms with E-state index in [4.69, 9.17) is 4.74 Å². The van der Waals surface area contributed by atoms with E-state index in [2.05, 4.69) is 13.8 Å². The van der Waals surface area contributed by atoms with E-state index in [-0.39, 0.29) is 11.7 Å². The Balaban J connectivity index is 3.18. The standard InChI is InChI=1S/C16H24O3/c1-4-6-8-12-10-14(17)11-13(9-7-5-2)15(12)16(18)19-3/h10-11,17H,4-9H2,1-3H3. The Morgan fingerprint density at radius 1 is 1.11 bits per heavy atom. The lowest BCUT2D eigenvalue weighted by Gasteiger charge is -2.14. The van der Waals surface area contributed by atoms with Crippen molar-refractivity contribution >= 4 is 5.97 Å². The number of rotatable bonds is 7. The smallest absolute Gasteiger partial charge is 0.338 e. The van der Waals surface area contributed by atoms with E-state index in [0.717, 1.165) is 49.7 Å². The fourth-order valence-corrected chi connectivity index (χ4v) is 2.24. The fourth-order valence-electron chi connectivity index (χ4n) is 2.24. The van der Waals surface area contributed by atoms with E-state index in [1.165, 1.54) is 7.11 Å². The maximum Gasteiger partial charge on any atom is 0.338 e. The van der Waals surface area contributed by atoms with Crippen LogP contribution in [0.3, 0.4) is 0 Å². The quantitative estimate of drug-likeness (QED) is 0.760. The molecule has 0 aliphatic rings. The molecule has 0 saturated heterocycles. The molecule has 3 heteroatoms. The third kappa shape index (κ3) is 4.27. The van der Waals surface area contributed by atoms with E-state index in [0.29, 0.717) is 5.56 Å². The van der Waals surface area contributed by atoms with Crippen molar-refractivity contribution < 1.29 is 14.6 Å². The van der Waals surface area contributed by atoms with E-state index < -0.39 is 0 Å². The fraction of sp³-hybridized carbons (Fsp3) is 0.562. The van der Waals surface area contributed by atoms with Gasteiger partial charge in [-0.1, -0.05) is 26.7 Å². The summed E-state index contributed by atoms with van der Waals surface area (Å²) in [6, 6.07) is 3.38. The Morgan fingerprint density at radius 2 is 1.58 bits per heavy atom. The molecule has 1 aromatic carbocycles. The molecule has 3 nitrogen and oxygen atoms in total. The minimum atomic E-state index is -0.294. The number of ether oxygens (including phenoxy) is 1. The number of phenols is 1. The molecular formula is C16H24O3. The van der Waals surface area contributed by atoms with Gasteiger partial charge in [-0.15, -0.1) is 0 Å². The zero-order chi connectivity index (χ0) is 14.3. The van der Waals surface area contributed by atoms with Crippen molar-refractivity contribution in [1.29, 1.82) is 0 Å². The average Bonchev–Trinajstić information content (AvgIpc) is 2.41. The number of carbonyl (C=O) groups excluding carboxylic acids is 1. The molecule has 0 saturated carbocycles. The Kier molecular flexibility index (Phi) is 6.40. The van der Waals surface area contributed by atoms with Crippen LogP contribution in [0.1, 0.15) is 61.0 Å². The van der Waals surface area contributed by atoms with Crippen molar-refractivity contribution in [3.63, 3.8) is 0 Å². The molecular weight excluding hydrogens is 240 g/mol. The molecule has 0 unspecified atom stereocenters. The Morgan fingerprint density at radius 3 is 1.95 bits per heavy atom. The normalized spacial score (nSPS) is 10.5. The molecule has 0 aromatic heterocycles. The largest absolute Gasteiger partial charge is 0.508 e. The molecule has 1 N–H and O–H groups in total. The van der Waals surface area contributed by atoms with Gasteiger partial charge in [0.15, 0.2) is 0 Å². The van der Waals surface area contributed by atoms with Gasteiger partial charge >= 0.3 is 5.97 Å². The highest BCUT2D eigenvalue weighted by atomic mass is 16.5. The van der Waals surface area contributed by atoms with Crippen LogP contribution >= 0.6 is 0 Å². The zero-order valence-corrected chi connectivity index (χ0v) is 12.2. The SMILES string of the molecule is CCCCc1cc(O)cc(CCCC)c1C(=O)OC. The highest BCUT2D eigenvalue weighted by Crippen LogP contribution is 2.25. The summed E-state index contributed by atoms with van der Waals surface area (Å²) >= 11 is 0. The van der Waals surface area contributed by atoms with Gasteiger partial charge in [-0.3, -0.25) is 0 Å². The van der Waals surface area contributed by atoms with Crippen LogP contribution < -0.4 is 0 Å². The van der Waals surface area contributed by atoms with Crippen LogP contribution in [0.2, 0.25) is 0 Å². The van der Waals surface area contributed by atoms with Crippen LogP contribution in [-0.4, -0.2) is 18.2 Å². The number of methoxy groups -OCH3 is 1. The van der Waals surface area contributed by atoms with Gasteiger partial charge in [0, 0.05) is 0 Å². The molecule has 0 amide bonds. The number of unbranched alkanes of at least 4 members (excludes halogenated alkanes) is 2. The number of aryl methyl sites for hydroxylation is 2. The molecule has 0 aliphatic carbocycles. The number of phenolic OH excluding ortho intramolecular Hbond substituents is 1. The number of hydrogen-bond donors (Lipinski definition) is 1. The predicted octanol–water partition coefficient (Wildman–Crippen LogP) is 3.86. The Hall–Kier alpha value is -1.51. The van der Waals surface area contributed by atoms with Crippen molar-refractivity contribution in [3.8, 4) is 5.75 Å². The van der Waals surface area contributed by atoms with E-state index in [1.54, 1.807) is 12.1 Å². The molecule has 0 spiro atoms. The number of carbonyl (C=O) groups is 1. The maximum atomic E-state index is 12.0. The summed E-state index contributed by atoms with van der Waals surface area (Å²) in [5, 5.41) is 9.82. The van der Waals surface area contributed by atoms with Crippen molar-refractivity contribution in [1.82, 2.24) is 0 Å². The van der Waals surface area contributed by atoms with Crippen LogP contribution in [0.5, 0.6) is 5.75 Å². The third-order valence-electron chi connectivity index (χ3n) is 3.28. The van der Waals surface area contributed by atoms with Crippen molar-refractivity contribution in [2.45, 2.75) is 52.4 Å². The van der Waals surface area contributed by atoms with Gasteiger partial charge in [0.1, 0.15) is 5.75 Å². The summed E-state index contributed by atoms with van der Waals surface area (Å²) in [5.74, 6) is -0.0536. The maximum absolute atomic E-state index is 12.0. The van der Waals surface area contributed by atoms with E-state index in [1.807, 2.05) is 0 Å². The summed E-state index contributed by atoms with van der Waals surface area (Å²) in [6.45, 7) is 4.22. The first kappa shape index (κ1) is 15.5. The van der Waals surface area contributed by atoms with Gasteiger partial charge in [-0.25, -0.2) is 4.79 Å². The lowest BCUT2D eigenvalue weighted by atomic mass is 9.94. The number of hydrogen-bond acceptors (Lipinski definition) is 3.